The molecule has 0 bridgehead atoms. The number of nitrogens with zero attached hydrogens (tertiary/aromatic N) is 1. The Bertz CT molecular complexity index is 2960. The van der Waals surface area contributed by atoms with Crippen molar-refractivity contribution >= 4 is 198 Å². The molecule has 1 aliphatic heterocycles. The molecular weight excluding hydrogens is 1510 g/mol. The largest absolute Gasteiger partial charge is 0.508 e. The summed E-state index contributed by atoms with van der Waals surface area (Å²) in [5.41, 5.74) is 6.61. The lowest BCUT2D eigenvalue weighted by atomic mass is 10.0. The first-order valence-corrected chi connectivity index (χ1v) is 42.3. The molecule has 12 atom stereocenters. The highest BCUT2D eigenvalue weighted by molar-refractivity contribution is 8.76. The number of rotatable bonds is 39. The quantitative estimate of drug-likeness (QED) is 0.0182. The van der Waals surface area contributed by atoms with E-state index in [1.807, 2.05) is 0 Å². The van der Waals surface area contributed by atoms with Crippen LogP contribution in [0.5, 0.6) is 11.5 Å². The molecule has 3 unspecified atom stereocenters. The van der Waals surface area contributed by atoms with Crippen molar-refractivity contribution in [3.63, 3.8) is 0 Å². The van der Waals surface area contributed by atoms with E-state index in [1.165, 1.54) is 57.4 Å². The fraction of sp³-hybridized carbons (Fsp3) is 0.574. The van der Waals surface area contributed by atoms with Gasteiger partial charge in [-0.3, -0.25) is 62.3 Å². The van der Waals surface area contributed by atoms with Crippen LogP contribution in [0.2, 0.25) is 0 Å². The highest BCUT2D eigenvalue weighted by Crippen LogP contribution is 2.21. The number of esters is 1. The number of likely N-dealkylation sites (tertiary alicyclic amines) is 1. The van der Waals surface area contributed by atoms with E-state index in [2.05, 4.69) is 146 Å². The van der Waals surface area contributed by atoms with Gasteiger partial charge in [-0.05, 0) is 112 Å². The van der Waals surface area contributed by atoms with Gasteiger partial charge in [0.15, 0.2) is 0 Å². The summed E-state index contributed by atoms with van der Waals surface area (Å²) >= 11 is 16.6. The number of phenols is 2. The number of hydrogen-bond donors (Lipinski definition) is 18. The van der Waals surface area contributed by atoms with Gasteiger partial charge in [-0.15, -0.1) is 0 Å². The average Bonchev–Trinajstić information content (AvgIpc) is 1.75. The van der Waals surface area contributed by atoms with Crippen LogP contribution in [0.15, 0.2) is 48.5 Å². The van der Waals surface area contributed by atoms with Crippen LogP contribution in [-0.2, 0) is 84.7 Å². The van der Waals surface area contributed by atoms with Crippen LogP contribution in [0.25, 0.3) is 0 Å². The van der Waals surface area contributed by atoms with Crippen molar-refractivity contribution in [3.05, 3.63) is 59.7 Å². The Balaban J connectivity index is 0.00000768. The first kappa shape index (κ1) is 95.3. The van der Waals surface area contributed by atoms with Crippen LogP contribution in [0.1, 0.15) is 64.0 Å². The maximum Gasteiger partial charge on any atom is 0.305 e. The van der Waals surface area contributed by atoms with Gasteiger partial charge in [0.2, 0.25) is 70.9 Å². The van der Waals surface area contributed by atoms with E-state index in [0.29, 0.717) is 17.4 Å². The maximum atomic E-state index is 14.1. The molecule has 30 nitrogen and oxygen atoms in total. The number of aromatic hydroxyl groups is 2. The van der Waals surface area contributed by atoms with Gasteiger partial charge >= 0.3 is 5.97 Å². The van der Waals surface area contributed by atoms with Crippen LogP contribution in [0.3, 0.4) is 0 Å². The van der Waals surface area contributed by atoms with E-state index in [4.69, 9.17) is 5.73 Å². The van der Waals surface area contributed by atoms with E-state index >= 15 is 0 Å². The summed E-state index contributed by atoms with van der Waals surface area (Å²) in [6, 6.07) is -2.45. The van der Waals surface area contributed by atoms with Crippen molar-refractivity contribution in [1.29, 1.82) is 0 Å². The number of aliphatic hydroxyl groups is 1. The van der Waals surface area contributed by atoms with Crippen molar-refractivity contribution in [3.8, 4) is 11.5 Å². The van der Waals surface area contributed by atoms with E-state index < -0.39 is 168 Å². The average molecular weight is 1610 g/mol. The van der Waals surface area contributed by atoms with E-state index in [1.54, 1.807) is 76.9 Å². The first-order valence-electron chi connectivity index (χ1n) is 30.8. The van der Waals surface area contributed by atoms with Crippen LogP contribution < -0.4 is 58.9 Å². The zero-order valence-electron chi connectivity index (χ0n) is 57.5. The van der Waals surface area contributed by atoms with Gasteiger partial charge < -0.3 is 88.7 Å². The predicted octanol–water partition coefficient (Wildman–Crippen LogP) is 0.0191. The van der Waals surface area contributed by atoms with Crippen LogP contribution in [0, 0.1) is 5.92 Å². The molecule has 0 spiro atoms. The van der Waals surface area contributed by atoms with Crippen molar-refractivity contribution in [1.82, 2.24) is 58.1 Å². The molecule has 12 amide bonds. The van der Waals surface area contributed by atoms with Gasteiger partial charge in [-0.1, -0.05) is 96.0 Å². The lowest BCUT2D eigenvalue weighted by Crippen LogP contribution is -2.61. The number of aldehydes is 1. The molecule has 1 fully saturated rings. The lowest BCUT2D eigenvalue weighted by molar-refractivity contribution is -0.143. The molecule has 0 aromatic heterocycles. The number of ether oxygens (including phenoxy) is 1. The molecule has 3 rings (SSSR count). The summed E-state index contributed by atoms with van der Waals surface area (Å²) in [5.74, 6) is -13.7. The minimum atomic E-state index is -1.71. The molecule has 40 heteroatoms. The van der Waals surface area contributed by atoms with Gasteiger partial charge in [0.25, 0.3) is 0 Å². The molecule has 1 heterocycles. The molecule has 568 valence electrons. The van der Waals surface area contributed by atoms with E-state index in [-0.39, 0.29) is 73.8 Å². The minimum absolute atomic E-state index is 0.000190. The fourth-order valence-corrected chi connectivity index (χ4v) is 9.64. The molecule has 101 heavy (non-hydrogen) atoms. The molecular formula is C61H96N12O18S10. The standard InChI is InChI=1S/C55H78N12O18S4.3C2H6S2/c1-27(7-16-44(74)85-4)46(75)61-35(19-31-10-14-34(71)15-11-31)48(77)64-39(25-88)51(80)65-38(24-87)50(79)62-36(20-42(56)72)55(84)67-17-5-6-41(67)53(82)58-28(2)47(76)63-40(26-89)52(81)66-45(29(3)69)54(83)57-21-43(73)60-37(23-86)49(78)59-32(22-68)18-30-8-12-33(70)13-9-30;3*1-3-4-2/h8-15,22,27-29,32,35-41,45,69-71,86-89H,5-7,16-21,23-26H2,1-4H3,(H2,56,72)(H,57,83)(H,58,82)(H,59,78)(H,60,73)(H,61,75)(H,62,79)(H,63,76)(H,64,77)(H,65,80)(H,66,81);3*1-2H3/t27?,28?,29-,32+,35+,36+,37?,38+,39+,40+,41+,45+;;;/m1.../s1. The lowest BCUT2D eigenvalue weighted by Gasteiger charge is -2.30. The van der Waals surface area contributed by atoms with Gasteiger partial charge in [0.1, 0.15) is 72.2 Å². The second-order valence-corrected chi connectivity index (χ2v) is 31.2. The second-order valence-electron chi connectivity index (χ2n) is 21.7. The Morgan fingerprint density at radius 1 is 0.564 bits per heavy atom. The summed E-state index contributed by atoms with van der Waals surface area (Å²) in [4.78, 5) is 185. The zero-order valence-corrected chi connectivity index (χ0v) is 66.0. The first-order chi connectivity index (χ1) is 47.8. The molecule has 15 N–H and O–H groups in total. The molecule has 1 saturated heterocycles. The van der Waals surface area contributed by atoms with Crippen LogP contribution in [-0.4, -0.2) is 251 Å². The van der Waals surface area contributed by atoms with Crippen LogP contribution >= 0.6 is 115 Å². The zero-order chi connectivity index (χ0) is 76.9. The smallest absolute Gasteiger partial charge is 0.305 e. The Morgan fingerprint density at radius 2 is 0.980 bits per heavy atom. The number of carbonyl (C=O) groups is 14. The Hall–Kier alpha value is -5.72. The highest BCUT2D eigenvalue weighted by atomic mass is 33.1. The van der Waals surface area contributed by atoms with E-state index in [0.717, 1.165) is 11.8 Å². The van der Waals surface area contributed by atoms with Crippen molar-refractivity contribution in [2.45, 2.75) is 132 Å². The third-order valence-corrected chi connectivity index (χ3v) is 19.7. The van der Waals surface area contributed by atoms with Crippen molar-refractivity contribution in [2.24, 2.45) is 11.7 Å². The maximum absolute atomic E-state index is 14.1. The molecule has 2 aromatic rings. The normalized spacial score (nSPS) is 15.3. The highest BCUT2D eigenvalue weighted by Gasteiger charge is 2.41. The molecule has 1 aliphatic rings. The number of methoxy groups -OCH3 is 1. The van der Waals surface area contributed by atoms with Gasteiger partial charge in [-0.2, -0.15) is 50.5 Å². The molecule has 0 saturated carbocycles. The molecule has 2 aromatic carbocycles. The number of nitrogens with two attached hydrogens (primary N) is 1. The summed E-state index contributed by atoms with van der Waals surface area (Å²) in [6.07, 6.45) is 10.8. The third kappa shape index (κ3) is 38.0. The Morgan fingerprint density at radius 3 is 1.42 bits per heavy atom. The Kier molecular flexibility index (Phi) is 50.9. The predicted molar refractivity (Wildman–Crippen MR) is 413 cm³/mol. The van der Waals surface area contributed by atoms with Gasteiger partial charge in [0.05, 0.1) is 32.2 Å². The van der Waals surface area contributed by atoms with Crippen LogP contribution in [0.4, 0.5) is 0 Å². The van der Waals surface area contributed by atoms with Crippen molar-refractivity contribution < 1.29 is 87.2 Å². The summed E-state index contributed by atoms with van der Waals surface area (Å²) in [6.45, 7) is 3.11. The summed E-state index contributed by atoms with van der Waals surface area (Å²) in [7, 11) is 11.8. The fourth-order valence-electron chi connectivity index (χ4n) is 8.61. The SMILES string of the molecule is COC(=O)CCC(C)C(=O)N[C@@H](Cc1ccc(O)cc1)C(=O)N[C@@H](CS)C(=O)N[C@@H](CS)C(=O)N[C@@H](CC(N)=O)C(=O)N1CCC[C@H]1C(=O)NC(C)C(=O)N[C@@H](CS)C(=O)N[C@H](C(=O)NCC(=O)NC(CS)C(=O)N[C@H](C=O)Cc1ccc(O)cc1)[C@@H](C)O.CSSC.CSSC.CSSC. The number of carbonyl (C=O) groups excluding carboxylic acids is 14. The molecule has 0 aliphatic carbocycles. The minimum Gasteiger partial charge on any atom is -0.508 e. The number of nitrogens with one attached hydrogen (secondary N) is 10. The topological polar surface area (TPSA) is 458 Å². The second kappa shape index (κ2) is 54.0. The third-order valence-electron chi connectivity index (χ3n) is 14.2. The number of phenolic OH excluding ortho intramolecular Hbond substituents is 2. The van der Waals surface area contributed by atoms with Gasteiger partial charge in [-0.25, -0.2) is 0 Å². The van der Waals surface area contributed by atoms with Gasteiger partial charge in [0, 0.05) is 48.3 Å². The molecule has 0 radical (unpaired) electrons. The van der Waals surface area contributed by atoms with Crippen molar-refractivity contribution in [2.75, 3.05) is 80.7 Å². The monoisotopic (exact) mass is 1600 g/mol. The van der Waals surface area contributed by atoms with E-state index in [9.17, 15) is 82.4 Å². The number of hydrogen-bond acceptors (Lipinski definition) is 28. The number of thiol groups is 4. The number of amides is 12. The number of aliphatic hydroxyl groups excluding tert-OH is 1. The number of primary amides is 1. The number of benzene rings is 2. The summed E-state index contributed by atoms with van der Waals surface area (Å²) in [5, 5.41) is 53.9. The Labute approximate surface area is 634 Å². The summed E-state index contributed by atoms with van der Waals surface area (Å²) < 4.78 is 4.64.